The van der Waals surface area contributed by atoms with E-state index >= 15 is 0 Å². The zero-order valence-electron chi connectivity index (χ0n) is 17.8. The number of hydrogen-bond acceptors (Lipinski definition) is 5. The van der Waals surface area contributed by atoms with Crippen molar-refractivity contribution in [2.75, 3.05) is 26.2 Å². The molecular formula is C23H28N2O5S. The first-order valence-electron chi connectivity index (χ1n) is 10.6. The van der Waals surface area contributed by atoms with E-state index in [4.69, 9.17) is 9.47 Å². The second-order valence-corrected chi connectivity index (χ2v) is 10.1. The van der Waals surface area contributed by atoms with Crippen molar-refractivity contribution in [3.63, 3.8) is 0 Å². The lowest BCUT2D eigenvalue weighted by Crippen LogP contribution is -2.46. The first-order valence-corrected chi connectivity index (χ1v) is 12.0. The van der Waals surface area contributed by atoms with E-state index in [-0.39, 0.29) is 17.9 Å². The number of rotatable bonds is 5. The van der Waals surface area contributed by atoms with Crippen molar-refractivity contribution in [3.8, 4) is 11.5 Å². The number of fused-ring (bicyclic) bond motifs is 1. The summed E-state index contributed by atoms with van der Waals surface area (Å²) in [7, 11) is -3.54. The summed E-state index contributed by atoms with van der Waals surface area (Å²) in [6, 6.07) is 12.7. The summed E-state index contributed by atoms with van der Waals surface area (Å²) in [5.74, 6) is 1.12. The van der Waals surface area contributed by atoms with Gasteiger partial charge in [-0.25, -0.2) is 8.42 Å². The lowest BCUT2D eigenvalue weighted by molar-refractivity contribution is -0.126. The highest BCUT2D eigenvalue weighted by molar-refractivity contribution is 7.89. The summed E-state index contributed by atoms with van der Waals surface area (Å²) < 4.78 is 38.9. The Morgan fingerprint density at radius 1 is 1.06 bits per heavy atom. The van der Waals surface area contributed by atoms with Gasteiger partial charge in [0, 0.05) is 19.0 Å². The van der Waals surface area contributed by atoms with Gasteiger partial charge in [0.05, 0.1) is 11.4 Å². The van der Waals surface area contributed by atoms with E-state index in [0.29, 0.717) is 55.5 Å². The average Bonchev–Trinajstić information content (AvgIpc) is 2.79. The number of aryl methyl sites for hydroxylation is 2. The Kier molecular flexibility index (Phi) is 6.20. The standard InChI is InChI=1S/C23H28N2O5S/c1-16-7-8-20(13-17(16)2)31(27,28)25-11-9-18(10-12-25)23(26)24-14-19-15-29-21-5-3-4-6-22(21)30-19/h3-8,13,18-19H,9-12,14-15H2,1-2H3,(H,24,26). The molecule has 0 aromatic heterocycles. The predicted molar refractivity (Wildman–Crippen MR) is 117 cm³/mol. The SMILES string of the molecule is Cc1ccc(S(=O)(=O)N2CCC(C(=O)NCC3COc4ccccc4O3)CC2)cc1C. The first kappa shape index (κ1) is 21.6. The van der Waals surface area contributed by atoms with Gasteiger partial charge in [-0.15, -0.1) is 0 Å². The number of hydrogen-bond donors (Lipinski definition) is 1. The van der Waals surface area contributed by atoms with Crippen LogP contribution >= 0.6 is 0 Å². The van der Waals surface area contributed by atoms with Crippen molar-refractivity contribution in [1.29, 1.82) is 0 Å². The molecule has 1 N–H and O–H groups in total. The summed E-state index contributed by atoms with van der Waals surface area (Å²) in [6.07, 6.45) is 0.755. The number of benzene rings is 2. The average molecular weight is 445 g/mol. The second-order valence-electron chi connectivity index (χ2n) is 8.17. The van der Waals surface area contributed by atoms with Crippen LogP contribution in [0.1, 0.15) is 24.0 Å². The fourth-order valence-electron chi connectivity index (χ4n) is 3.90. The maximum atomic E-state index is 13.0. The highest BCUT2D eigenvalue weighted by atomic mass is 32.2. The van der Waals surface area contributed by atoms with E-state index in [1.165, 1.54) is 4.31 Å². The van der Waals surface area contributed by atoms with Gasteiger partial charge in [0.2, 0.25) is 15.9 Å². The summed E-state index contributed by atoms with van der Waals surface area (Å²) in [6.45, 7) is 5.27. The molecule has 1 fully saturated rings. The lowest BCUT2D eigenvalue weighted by atomic mass is 9.97. The van der Waals surface area contributed by atoms with Gasteiger partial charge in [-0.3, -0.25) is 4.79 Å². The van der Waals surface area contributed by atoms with Crippen molar-refractivity contribution in [2.24, 2.45) is 5.92 Å². The third-order valence-electron chi connectivity index (χ3n) is 6.01. The summed E-state index contributed by atoms with van der Waals surface area (Å²) in [5, 5.41) is 2.94. The molecule has 1 unspecified atom stereocenters. The van der Waals surface area contributed by atoms with Crippen LogP contribution in [0.2, 0.25) is 0 Å². The first-order chi connectivity index (χ1) is 14.8. The fourth-order valence-corrected chi connectivity index (χ4v) is 5.46. The molecule has 4 rings (SSSR count). The van der Waals surface area contributed by atoms with Crippen LogP contribution in [-0.2, 0) is 14.8 Å². The van der Waals surface area contributed by atoms with Gasteiger partial charge in [-0.05, 0) is 62.1 Å². The maximum absolute atomic E-state index is 13.0. The van der Waals surface area contributed by atoms with Crippen LogP contribution < -0.4 is 14.8 Å². The molecule has 1 atom stereocenters. The molecule has 7 nitrogen and oxygen atoms in total. The highest BCUT2D eigenvalue weighted by Gasteiger charge is 2.32. The Hall–Kier alpha value is -2.58. The van der Waals surface area contributed by atoms with E-state index in [0.717, 1.165) is 11.1 Å². The van der Waals surface area contributed by atoms with Crippen molar-refractivity contribution in [1.82, 2.24) is 9.62 Å². The summed E-state index contributed by atoms with van der Waals surface area (Å²) >= 11 is 0. The van der Waals surface area contributed by atoms with E-state index < -0.39 is 10.0 Å². The summed E-state index contributed by atoms with van der Waals surface area (Å²) in [4.78, 5) is 12.9. The minimum atomic E-state index is -3.54. The van der Waals surface area contributed by atoms with Crippen molar-refractivity contribution >= 4 is 15.9 Å². The van der Waals surface area contributed by atoms with Gasteiger partial charge >= 0.3 is 0 Å². The van der Waals surface area contributed by atoms with Crippen molar-refractivity contribution in [3.05, 3.63) is 53.6 Å². The molecule has 0 spiro atoms. The van der Waals surface area contributed by atoms with Crippen LogP contribution in [0.4, 0.5) is 0 Å². The monoisotopic (exact) mass is 444 g/mol. The Balaban J connectivity index is 1.28. The maximum Gasteiger partial charge on any atom is 0.243 e. The van der Waals surface area contributed by atoms with Crippen LogP contribution in [-0.4, -0.2) is 51.0 Å². The quantitative estimate of drug-likeness (QED) is 0.767. The predicted octanol–water partition coefficient (Wildman–Crippen LogP) is 2.66. The molecule has 0 bridgehead atoms. The van der Waals surface area contributed by atoms with Gasteiger partial charge in [0.25, 0.3) is 0 Å². The number of para-hydroxylation sites is 2. The van der Waals surface area contributed by atoms with E-state index in [1.54, 1.807) is 12.1 Å². The minimum Gasteiger partial charge on any atom is -0.486 e. The molecule has 166 valence electrons. The molecule has 1 amide bonds. The number of sulfonamides is 1. The molecule has 8 heteroatoms. The molecule has 2 heterocycles. The van der Waals surface area contributed by atoms with Crippen LogP contribution in [0.25, 0.3) is 0 Å². The number of amides is 1. The van der Waals surface area contributed by atoms with Gasteiger partial charge in [0.1, 0.15) is 12.7 Å². The van der Waals surface area contributed by atoms with Crippen LogP contribution in [0.5, 0.6) is 11.5 Å². The molecular weight excluding hydrogens is 416 g/mol. The van der Waals surface area contributed by atoms with Gasteiger partial charge < -0.3 is 14.8 Å². The van der Waals surface area contributed by atoms with Crippen molar-refractivity contribution in [2.45, 2.75) is 37.7 Å². The van der Waals surface area contributed by atoms with E-state index in [2.05, 4.69) is 5.32 Å². The number of nitrogens with one attached hydrogen (secondary N) is 1. The zero-order chi connectivity index (χ0) is 22.0. The van der Waals surface area contributed by atoms with Gasteiger partial charge in [-0.1, -0.05) is 18.2 Å². The van der Waals surface area contributed by atoms with Crippen LogP contribution in [0.3, 0.4) is 0 Å². The zero-order valence-corrected chi connectivity index (χ0v) is 18.7. The summed E-state index contributed by atoms with van der Waals surface area (Å²) in [5.41, 5.74) is 2.01. The number of carbonyl (C=O) groups excluding carboxylic acids is 1. The number of piperidine rings is 1. The van der Waals surface area contributed by atoms with Crippen LogP contribution in [0.15, 0.2) is 47.4 Å². The van der Waals surface area contributed by atoms with Gasteiger partial charge in [0.15, 0.2) is 11.5 Å². The Morgan fingerprint density at radius 2 is 1.77 bits per heavy atom. The molecule has 2 aliphatic heterocycles. The van der Waals surface area contributed by atoms with Crippen molar-refractivity contribution < 1.29 is 22.7 Å². The molecule has 0 saturated carbocycles. The normalized spacial score (nSPS) is 19.7. The smallest absolute Gasteiger partial charge is 0.243 e. The van der Waals surface area contributed by atoms with Gasteiger partial charge in [-0.2, -0.15) is 4.31 Å². The molecule has 1 saturated heterocycles. The molecule has 2 aromatic rings. The van der Waals surface area contributed by atoms with E-state index in [9.17, 15) is 13.2 Å². The lowest BCUT2D eigenvalue weighted by Gasteiger charge is -2.31. The number of carbonyl (C=O) groups is 1. The third kappa shape index (κ3) is 4.70. The molecule has 0 aliphatic carbocycles. The Morgan fingerprint density at radius 3 is 2.48 bits per heavy atom. The fraction of sp³-hybridized carbons (Fsp3) is 0.435. The minimum absolute atomic E-state index is 0.0642. The Bertz CT molecular complexity index is 1060. The molecule has 0 radical (unpaired) electrons. The highest BCUT2D eigenvalue weighted by Crippen LogP contribution is 2.31. The molecule has 31 heavy (non-hydrogen) atoms. The molecule has 2 aliphatic rings. The number of ether oxygens (including phenoxy) is 2. The molecule has 2 aromatic carbocycles. The topological polar surface area (TPSA) is 84.9 Å². The second kappa shape index (κ2) is 8.88. The number of nitrogens with zero attached hydrogens (tertiary/aromatic N) is 1. The largest absolute Gasteiger partial charge is 0.486 e. The Labute approximate surface area is 183 Å². The third-order valence-corrected chi connectivity index (χ3v) is 7.91. The van der Waals surface area contributed by atoms with Crippen LogP contribution in [0, 0.1) is 19.8 Å². The van der Waals surface area contributed by atoms with E-state index in [1.807, 2.05) is 44.2 Å².